The molecule has 0 aromatic carbocycles. The summed E-state index contributed by atoms with van der Waals surface area (Å²) in [7, 11) is 1.01. The number of carbonyl (C=O) groups is 3. The molecule has 0 aromatic heterocycles. The maximum atomic E-state index is 10.7. The fraction of sp³-hybridized carbons (Fsp3) is 0.500. The molecule has 0 rings (SSSR count). The zero-order valence-electron chi connectivity index (χ0n) is 7.39. The molecule has 0 bridgehead atoms. The molecule has 0 heterocycles. The Morgan fingerprint density at radius 2 is 1.67 bits per heavy atom. The van der Waals surface area contributed by atoms with Gasteiger partial charge in [-0.1, -0.05) is 0 Å². The van der Waals surface area contributed by atoms with Crippen LogP contribution in [0.25, 0.3) is 0 Å². The fourth-order valence-corrected chi connectivity index (χ4v) is 0.775. The number of carbonyl (C=O) groups excluding carboxylic acids is 1. The molecule has 0 fully saturated rings. The minimum absolute atomic E-state index is 0. The average molecular weight is 244 g/mol. The predicted molar refractivity (Wildman–Crippen MR) is 51.2 cm³/mol. The Labute approximate surface area is 129 Å². The van der Waals surface area contributed by atoms with Crippen molar-refractivity contribution in [2.45, 2.75) is 18.4 Å². The fourth-order valence-electron chi connectivity index (χ4n) is 0.775. The molecule has 1 unspecified atom stereocenters. The molecule has 0 aliphatic rings. The molecule has 0 amide bonds. The van der Waals surface area contributed by atoms with Crippen LogP contribution in [-0.2, 0) is 19.0 Å². The maximum absolute atomic E-state index is 10.7. The van der Waals surface area contributed by atoms with Gasteiger partial charge in [0.25, 0.3) is 5.97 Å². The van der Waals surface area contributed by atoms with Gasteiger partial charge in [0, 0.05) is 0 Å². The van der Waals surface area contributed by atoms with E-state index in [1.165, 1.54) is 0 Å². The number of hydrogen-bond acceptors (Lipinski definition) is 5. The van der Waals surface area contributed by atoms with Gasteiger partial charge in [-0.25, -0.2) is 4.79 Å². The Kier molecular flexibility index (Phi) is 8.57. The quantitative estimate of drug-likeness (QED) is 0.444. The molecule has 1 atom stereocenters. The predicted octanol–water partition coefficient (Wildman–Crippen LogP) is -2.89. The summed E-state index contributed by atoms with van der Waals surface area (Å²) in [4.78, 5) is 31.4. The summed E-state index contributed by atoms with van der Waals surface area (Å²) in [5, 5.41) is 26.1. The third kappa shape index (κ3) is 6.28. The zero-order valence-corrected chi connectivity index (χ0v) is 7.39. The van der Waals surface area contributed by atoms with Gasteiger partial charge < -0.3 is 20.0 Å². The van der Waals surface area contributed by atoms with Crippen LogP contribution in [0.5, 0.6) is 0 Å². The molecule has 0 saturated heterocycles. The third-order valence-corrected chi connectivity index (χ3v) is 1.51. The van der Waals surface area contributed by atoms with Crippen LogP contribution in [0, 0.1) is 0 Å². The topological polar surface area (TPSA) is 121 Å². The molecule has 0 aliphatic heterocycles. The van der Waals surface area contributed by atoms with Crippen molar-refractivity contribution >= 4 is 77.3 Å². The molecular formula is C6H10BKO7. The summed E-state index contributed by atoms with van der Waals surface area (Å²) in [5.74, 6) is -4.28. The van der Waals surface area contributed by atoms with Crippen LogP contribution in [0.2, 0.25) is 0 Å². The zero-order chi connectivity index (χ0) is 11.4. The monoisotopic (exact) mass is 244 g/mol. The number of rotatable bonds is 5. The number of aliphatic carboxylic acids is 2. The van der Waals surface area contributed by atoms with Gasteiger partial charge >= 0.3 is 71.4 Å². The standard InChI is InChI=1S/C6H9BO7.K.H/c7-14-4(10)2-6(13,5(11)12)1-3(8)9;;/h13H,1-2,7H2,(H,8,9)(H,11,12);;. The van der Waals surface area contributed by atoms with Crippen molar-refractivity contribution in [2.75, 3.05) is 0 Å². The molecule has 7 nitrogen and oxygen atoms in total. The molecular weight excluding hydrogens is 234 g/mol. The Hall–Kier alpha value is 0.0713. The summed E-state index contributed by atoms with van der Waals surface area (Å²) in [6.07, 6.45) is -1.96. The first-order valence-electron chi connectivity index (χ1n) is 3.56. The van der Waals surface area contributed by atoms with E-state index in [2.05, 4.69) is 4.65 Å². The van der Waals surface area contributed by atoms with Crippen LogP contribution < -0.4 is 0 Å². The van der Waals surface area contributed by atoms with Crippen molar-refractivity contribution < 1.29 is 34.4 Å². The average Bonchev–Trinajstić information content (AvgIpc) is 2.02. The van der Waals surface area contributed by atoms with Crippen molar-refractivity contribution in [3.63, 3.8) is 0 Å². The van der Waals surface area contributed by atoms with Crippen LogP contribution in [0.15, 0.2) is 0 Å². The van der Waals surface area contributed by atoms with Crippen LogP contribution in [0.3, 0.4) is 0 Å². The van der Waals surface area contributed by atoms with E-state index in [-0.39, 0.29) is 51.4 Å². The summed E-state index contributed by atoms with van der Waals surface area (Å²) in [6, 6.07) is 0. The van der Waals surface area contributed by atoms with Gasteiger partial charge in [0.2, 0.25) is 0 Å². The van der Waals surface area contributed by atoms with Crippen molar-refractivity contribution in [3.05, 3.63) is 0 Å². The van der Waals surface area contributed by atoms with E-state index in [1.54, 1.807) is 0 Å². The summed E-state index contributed by atoms with van der Waals surface area (Å²) in [6.45, 7) is 0. The van der Waals surface area contributed by atoms with Crippen molar-refractivity contribution in [1.82, 2.24) is 0 Å². The van der Waals surface area contributed by atoms with Crippen molar-refractivity contribution in [3.8, 4) is 0 Å². The first-order valence-corrected chi connectivity index (χ1v) is 3.56. The van der Waals surface area contributed by atoms with Gasteiger partial charge in [-0.15, -0.1) is 0 Å². The van der Waals surface area contributed by atoms with Crippen LogP contribution >= 0.6 is 0 Å². The van der Waals surface area contributed by atoms with E-state index in [9.17, 15) is 19.5 Å². The molecule has 0 radical (unpaired) electrons. The van der Waals surface area contributed by atoms with E-state index in [0.29, 0.717) is 0 Å². The van der Waals surface area contributed by atoms with Crippen LogP contribution in [-0.4, -0.2) is 98.3 Å². The summed E-state index contributed by atoms with van der Waals surface area (Å²) < 4.78 is 4.12. The second kappa shape index (κ2) is 7.36. The van der Waals surface area contributed by atoms with Gasteiger partial charge in [0.05, 0.1) is 12.8 Å². The van der Waals surface area contributed by atoms with Crippen molar-refractivity contribution in [1.29, 1.82) is 0 Å². The Morgan fingerprint density at radius 3 is 1.93 bits per heavy atom. The minimum atomic E-state index is -2.61. The number of carboxylic acids is 2. The van der Waals surface area contributed by atoms with Gasteiger partial charge in [-0.05, 0) is 0 Å². The summed E-state index contributed by atoms with van der Waals surface area (Å²) in [5.41, 5.74) is -2.61. The second-order valence-electron chi connectivity index (χ2n) is 2.66. The molecule has 80 valence electrons. The third-order valence-electron chi connectivity index (χ3n) is 1.51. The number of carboxylic acid groups (broad SMARTS) is 2. The Morgan fingerprint density at radius 1 is 1.20 bits per heavy atom. The van der Waals surface area contributed by atoms with E-state index < -0.39 is 36.4 Å². The summed E-state index contributed by atoms with van der Waals surface area (Å²) >= 11 is 0. The van der Waals surface area contributed by atoms with E-state index >= 15 is 0 Å². The van der Waals surface area contributed by atoms with Gasteiger partial charge in [-0.2, -0.15) is 0 Å². The van der Waals surface area contributed by atoms with Crippen molar-refractivity contribution in [2.24, 2.45) is 0 Å². The van der Waals surface area contributed by atoms with E-state index in [0.717, 1.165) is 8.05 Å². The van der Waals surface area contributed by atoms with E-state index in [1.807, 2.05) is 0 Å². The Balaban J connectivity index is 0. The molecule has 0 spiro atoms. The van der Waals surface area contributed by atoms with Gasteiger partial charge in [0.1, 0.15) is 0 Å². The molecule has 0 saturated carbocycles. The molecule has 15 heavy (non-hydrogen) atoms. The molecule has 0 aromatic rings. The first-order chi connectivity index (χ1) is 6.31. The normalized spacial score (nSPS) is 13.1. The first kappa shape index (κ1) is 17.5. The van der Waals surface area contributed by atoms with Gasteiger partial charge in [-0.3, -0.25) is 9.59 Å². The Bertz CT molecular complexity index is 268. The molecule has 0 aliphatic carbocycles. The second-order valence-corrected chi connectivity index (χ2v) is 2.66. The van der Waals surface area contributed by atoms with Crippen LogP contribution in [0.4, 0.5) is 0 Å². The molecule has 3 N–H and O–H groups in total. The van der Waals surface area contributed by atoms with Gasteiger partial charge in [0.15, 0.2) is 5.60 Å². The number of aliphatic hydroxyl groups is 1. The SMILES string of the molecule is BOC(=O)CC(O)(CC(=O)O)C(=O)O.[KH]. The number of hydrogen-bond donors (Lipinski definition) is 3. The molecule has 9 heteroatoms. The van der Waals surface area contributed by atoms with E-state index in [4.69, 9.17) is 10.2 Å². The van der Waals surface area contributed by atoms with Crippen LogP contribution in [0.1, 0.15) is 12.8 Å².